The fourth-order valence-electron chi connectivity index (χ4n) is 0.796. The zero-order valence-electron chi connectivity index (χ0n) is 6.32. The average Bonchev–Trinajstić information content (AvgIpc) is 1.94. The molecule has 0 aromatic carbocycles. The Labute approximate surface area is 68.7 Å². The number of hydrogen-bond acceptors (Lipinski definition) is 4. The summed E-state index contributed by atoms with van der Waals surface area (Å²) in [6.07, 6.45) is 0. The number of carbonyl (C=O) groups is 1. The molecule has 66 valence electrons. The topological polar surface area (TPSA) is 132 Å². The molecule has 1 aliphatic heterocycles. The summed E-state index contributed by atoms with van der Waals surface area (Å²) in [5, 5.41) is 2.31. The highest BCUT2D eigenvalue weighted by Crippen LogP contribution is 1.96. The molecular formula is C5H10N6O. The predicted octanol–water partition coefficient (Wildman–Crippen LogP) is -2.93. The van der Waals surface area contributed by atoms with Gasteiger partial charge in [0.25, 0.3) is 5.91 Å². The van der Waals surface area contributed by atoms with Crippen molar-refractivity contribution in [1.29, 1.82) is 0 Å². The molecular weight excluding hydrogens is 160 g/mol. The Kier molecular flexibility index (Phi) is 2.13. The summed E-state index contributed by atoms with van der Waals surface area (Å²) >= 11 is 0. The lowest BCUT2D eigenvalue weighted by Gasteiger charge is -2.15. The summed E-state index contributed by atoms with van der Waals surface area (Å²) in [7, 11) is 0. The Bertz CT molecular complexity index is 253. The smallest absolute Gasteiger partial charge is 0.253 e. The van der Waals surface area contributed by atoms with Crippen LogP contribution in [-0.4, -0.2) is 30.4 Å². The van der Waals surface area contributed by atoms with Gasteiger partial charge in [-0.3, -0.25) is 15.1 Å². The van der Waals surface area contributed by atoms with E-state index in [2.05, 4.69) is 15.3 Å². The lowest BCUT2D eigenvalue weighted by molar-refractivity contribution is -0.121. The molecule has 0 fully saturated rings. The Morgan fingerprint density at radius 1 is 1.67 bits per heavy atom. The van der Waals surface area contributed by atoms with Crippen LogP contribution in [0.1, 0.15) is 0 Å². The van der Waals surface area contributed by atoms with Crippen molar-refractivity contribution in [2.45, 2.75) is 6.04 Å². The minimum absolute atomic E-state index is 0.0991. The maximum Gasteiger partial charge on any atom is 0.253 e. The zero-order chi connectivity index (χ0) is 9.14. The van der Waals surface area contributed by atoms with Crippen molar-refractivity contribution in [2.24, 2.45) is 27.2 Å². The molecule has 0 radical (unpaired) electrons. The molecule has 7 N–H and O–H groups in total. The molecule has 1 amide bonds. The van der Waals surface area contributed by atoms with E-state index in [4.69, 9.17) is 17.2 Å². The van der Waals surface area contributed by atoms with Crippen molar-refractivity contribution in [2.75, 3.05) is 6.54 Å². The van der Waals surface area contributed by atoms with Crippen LogP contribution in [0, 0.1) is 0 Å². The third kappa shape index (κ3) is 1.84. The van der Waals surface area contributed by atoms with Crippen LogP contribution in [0.3, 0.4) is 0 Å². The number of aliphatic imine (C=N–C) groups is 2. The molecule has 7 heteroatoms. The van der Waals surface area contributed by atoms with Crippen LogP contribution in [0.2, 0.25) is 0 Å². The molecule has 0 aliphatic carbocycles. The third-order valence-corrected chi connectivity index (χ3v) is 1.29. The molecule has 12 heavy (non-hydrogen) atoms. The molecule has 0 saturated heterocycles. The van der Waals surface area contributed by atoms with Gasteiger partial charge in [0.1, 0.15) is 0 Å². The van der Waals surface area contributed by atoms with Gasteiger partial charge in [-0.15, -0.1) is 0 Å². The summed E-state index contributed by atoms with van der Waals surface area (Å²) in [4.78, 5) is 18.5. The Balaban J connectivity index is 2.70. The van der Waals surface area contributed by atoms with E-state index in [1.807, 2.05) is 0 Å². The monoisotopic (exact) mass is 170 g/mol. The van der Waals surface area contributed by atoms with Crippen molar-refractivity contribution in [3.63, 3.8) is 0 Å². The normalized spacial score (nSPS) is 22.5. The second kappa shape index (κ2) is 3.07. The summed E-state index contributed by atoms with van der Waals surface area (Å²) in [5.41, 5.74) is 15.4. The number of hydrogen-bond donors (Lipinski definition) is 4. The first-order chi connectivity index (χ1) is 5.59. The highest BCUT2D eigenvalue weighted by atomic mass is 16.2. The summed E-state index contributed by atoms with van der Waals surface area (Å²) in [6, 6.07) is -0.651. The predicted molar refractivity (Wildman–Crippen MR) is 44.2 cm³/mol. The van der Waals surface area contributed by atoms with Crippen LogP contribution in [-0.2, 0) is 4.79 Å². The number of nitrogens with zero attached hydrogens (tertiary/aromatic N) is 2. The first-order valence-corrected chi connectivity index (χ1v) is 3.29. The number of rotatable bonds is 1. The molecule has 1 rings (SSSR count). The molecule has 0 aromatic heterocycles. The summed E-state index contributed by atoms with van der Waals surface area (Å²) < 4.78 is 0. The van der Waals surface area contributed by atoms with Crippen LogP contribution >= 0.6 is 0 Å². The van der Waals surface area contributed by atoms with Crippen LogP contribution in [0.4, 0.5) is 0 Å². The zero-order valence-corrected chi connectivity index (χ0v) is 6.32. The second-order valence-corrected chi connectivity index (χ2v) is 2.28. The van der Waals surface area contributed by atoms with Gasteiger partial charge in [0.15, 0.2) is 18.0 Å². The number of nitrogens with one attached hydrogen (secondary N) is 1. The Morgan fingerprint density at radius 2 is 2.33 bits per heavy atom. The number of amides is 1. The van der Waals surface area contributed by atoms with Gasteiger partial charge in [0, 0.05) is 0 Å². The van der Waals surface area contributed by atoms with Gasteiger partial charge in [-0.1, -0.05) is 0 Å². The molecule has 1 unspecified atom stereocenters. The largest absolute Gasteiger partial charge is 0.370 e. The van der Waals surface area contributed by atoms with E-state index in [1.54, 1.807) is 0 Å². The van der Waals surface area contributed by atoms with Crippen LogP contribution in [0.15, 0.2) is 9.98 Å². The van der Waals surface area contributed by atoms with Crippen LogP contribution < -0.4 is 22.5 Å². The summed E-state index contributed by atoms with van der Waals surface area (Å²) in [5.74, 6) is -0.372. The van der Waals surface area contributed by atoms with Crippen molar-refractivity contribution in [3.8, 4) is 0 Å². The maximum absolute atomic E-state index is 11.1. The Morgan fingerprint density at radius 3 is 2.83 bits per heavy atom. The highest BCUT2D eigenvalue weighted by molar-refractivity contribution is 6.01. The average molecular weight is 170 g/mol. The lowest BCUT2D eigenvalue weighted by atomic mass is 10.2. The van der Waals surface area contributed by atoms with Gasteiger partial charge in [-0.05, 0) is 0 Å². The summed E-state index contributed by atoms with van der Waals surface area (Å²) in [6.45, 7) is 0.190. The standard InChI is InChI=1S/C5H10N6O/c6-4(7)10-2-1-9-5(8)11-3(2)12/h2H,1H2,(H4,6,7,10)(H3,8,9,11,12). The minimum Gasteiger partial charge on any atom is -0.370 e. The molecule has 1 aliphatic rings. The van der Waals surface area contributed by atoms with Crippen LogP contribution in [0.5, 0.6) is 0 Å². The number of nitrogens with two attached hydrogens (primary N) is 3. The molecule has 0 bridgehead atoms. The fourth-order valence-corrected chi connectivity index (χ4v) is 0.796. The van der Waals surface area contributed by atoms with Gasteiger partial charge in [0.2, 0.25) is 0 Å². The van der Waals surface area contributed by atoms with Crippen molar-refractivity contribution < 1.29 is 4.79 Å². The van der Waals surface area contributed by atoms with E-state index in [1.165, 1.54) is 0 Å². The van der Waals surface area contributed by atoms with Gasteiger partial charge >= 0.3 is 0 Å². The maximum atomic E-state index is 11.1. The highest BCUT2D eigenvalue weighted by Gasteiger charge is 2.21. The molecule has 0 saturated carbocycles. The Hall–Kier alpha value is -1.79. The lowest BCUT2D eigenvalue weighted by Crippen LogP contribution is -2.48. The molecule has 7 nitrogen and oxygen atoms in total. The van der Waals surface area contributed by atoms with Crippen LogP contribution in [0.25, 0.3) is 0 Å². The third-order valence-electron chi connectivity index (χ3n) is 1.29. The minimum atomic E-state index is -0.651. The molecule has 1 heterocycles. The quantitative estimate of drug-likeness (QED) is 0.248. The van der Waals surface area contributed by atoms with Gasteiger partial charge in [-0.2, -0.15) is 0 Å². The van der Waals surface area contributed by atoms with E-state index in [0.717, 1.165) is 0 Å². The van der Waals surface area contributed by atoms with E-state index in [0.29, 0.717) is 0 Å². The van der Waals surface area contributed by atoms with Gasteiger partial charge in [0.05, 0.1) is 6.54 Å². The van der Waals surface area contributed by atoms with E-state index in [-0.39, 0.29) is 24.4 Å². The molecule has 0 aromatic rings. The van der Waals surface area contributed by atoms with E-state index >= 15 is 0 Å². The molecule has 1 atom stereocenters. The first kappa shape index (κ1) is 8.31. The van der Waals surface area contributed by atoms with Gasteiger partial charge in [-0.25, -0.2) is 4.99 Å². The SMILES string of the molecule is NC(N)=NC1CN=C(N)NC1=O. The number of carbonyl (C=O) groups excluding carboxylic acids is 1. The van der Waals surface area contributed by atoms with Crippen molar-refractivity contribution in [3.05, 3.63) is 0 Å². The second-order valence-electron chi connectivity index (χ2n) is 2.28. The van der Waals surface area contributed by atoms with E-state index in [9.17, 15) is 4.79 Å². The fraction of sp³-hybridized carbons (Fsp3) is 0.400. The first-order valence-electron chi connectivity index (χ1n) is 3.29. The van der Waals surface area contributed by atoms with Gasteiger partial charge < -0.3 is 17.2 Å². The van der Waals surface area contributed by atoms with E-state index < -0.39 is 6.04 Å². The number of guanidine groups is 2. The van der Waals surface area contributed by atoms with Crippen molar-refractivity contribution in [1.82, 2.24) is 5.32 Å². The molecule has 0 spiro atoms. The van der Waals surface area contributed by atoms with Crippen molar-refractivity contribution >= 4 is 17.8 Å².